The summed E-state index contributed by atoms with van der Waals surface area (Å²) in [7, 11) is 1.81. The van der Waals surface area contributed by atoms with Crippen molar-refractivity contribution in [1.29, 1.82) is 0 Å². The van der Waals surface area contributed by atoms with Gasteiger partial charge in [0.2, 0.25) is 0 Å². The first-order chi connectivity index (χ1) is 14.1. The van der Waals surface area contributed by atoms with Gasteiger partial charge in [0.1, 0.15) is 0 Å². The highest BCUT2D eigenvalue weighted by Crippen LogP contribution is 2.60. The lowest BCUT2D eigenvalue weighted by Gasteiger charge is -2.44. The van der Waals surface area contributed by atoms with Crippen LogP contribution in [-0.2, 0) is 4.74 Å². The van der Waals surface area contributed by atoms with Gasteiger partial charge in [0.05, 0.1) is 11.7 Å². The van der Waals surface area contributed by atoms with Crippen molar-refractivity contribution in [2.24, 2.45) is 23.2 Å². The summed E-state index contributed by atoms with van der Waals surface area (Å²) in [5.41, 5.74) is 4.44. The molecule has 0 saturated heterocycles. The maximum atomic E-state index is 10.1. The van der Waals surface area contributed by atoms with Crippen LogP contribution < -0.4 is 0 Å². The molecule has 3 rings (SSSR count). The van der Waals surface area contributed by atoms with Gasteiger partial charge in [-0.05, 0) is 100 Å². The van der Waals surface area contributed by atoms with Gasteiger partial charge in [-0.1, -0.05) is 56.6 Å². The maximum Gasteiger partial charge on any atom is 0.0815 e. The van der Waals surface area contributed by atoms with Crippen LogP contribution in [0.3, 0.4) is 0 Å². The number of methoxy groups -OCH3 is 1. The average Bonchev–Trinajstić information content (AvgIpc) is 3.03. The Kier molecular flexibility index (Phi) is 7.72. The zero-order chi connectivity index (χ0) is 21.9. The lowest BCUT2D eigenvalue weighted by Crippen LogP contribution is -2.36. The molecule has 2 heteroatoms. The van der Waals surface area contributed by atoms with E-state index in [1.807, 2.05) is 21.0 Å². The highest BCUT2D eigenvalue weighted by molar-refractivity contribution is 5.28. The fourth-order valence-electron chi connectivity index (χ4n) is 6.87. The van der Waals surface area contributed by atoms with E-state index in [0.717, 1.165) is 49.9 Å². The largest absolute Gasteiger partial charge is 0.390 e. The van der Waals surface area contributed by atoms with Crippen molar-refractivity contribution in [2.45, 2.75) is 110 Å². The van der Waals surface area contributed by atoms with E-state index in [-0.39, 0.29) is 6.10 Å². The van der Waals surface area contributed by atoms with Gasteiger partial charge in [-0.3, -0.25) is 0 Å². The number of allylic oxidation sites excluding steroid dienone is 3. The molecule has 3 aliphatic carbocycles. The lowest BCUT2D eigenvalue weighted by molar-refractivity contribution is 0.0596. The molecular formula is C28H46O2. The molecule has 0 aromatic heterocycles. The van der Waals surface area contributed by atoms with Gasteiger partial charge < -0.3 is 9.84 Å². The first-order valence-electron chi connectivity index (χ1n) is 12.5. The first kappa shape index (κ1) is 23.8. The molecule has 170 valence electrons. The summed E-state index contributed by atoms with van der Waals surface area (Å²) < 4.78 is 5.63. The monoisotopic (exact) mass is 414 g/mol. The SMILES string of the molecule is C=C1CC/C(=C/C=C2\CCCC3(C)C2CCC3[C@H](C)CCCC(C)(C)O)CC1OC. The molecule has 0 aromatic rings. The third-order valence-electron chi connectivity index (χ3n) is 8.66. The van der Waals surface area contributed by atoms with Crippen LogP contribution in [0.15, 0.2) is 35.5 Å². The molecule has 5 atom stereocenters. The van der Waals surface area contributed by atoms with E-state index in [9.17, 15) is 5.11 Å². The van der Waals surface area contributed by atoms with Crippen LogP contribution in [0, 0.1) is 23.2 Å². The van der Waals surface area contributed by atoms with Gasteiger partial charge in [0.15, 0.2) is 0 Å². The molecule has 0 bridgehead atoms. The van der Waals surface area contributed by atoms with Gasteiger partial charge >= 0.3 is 0 Å². The highest BCUT2D eigenvalue weighted by atomic mass is 16.5. The van der Waals surface area contributed by atoms with E-state index in [0.29, 0.717) is 5.41 Å². The minimum atomic E-state index is -0.524. The molecule has 3 saturated carbocycles. The average molecular weight is 415 g/mol. The van der Waals surface area contributed by atoms with Gasteiger partial charge in [0.25, 0.3) is 0 Å². The third kappa shape index (κ3) is 5.49. The van der Waals surface area contributed by atoms with Gasteiger partial charge in [-0.2, -0.15) is 0 Å². The normalized spacial score (nSPS) is 36.3. The Hall–Kier alpha value is -0.860. The minimum Gasteiger partial charge on any atom is -0.390 e. The zero-order valence-electron chi connectivity index (χ0n) is 20.3. The Balaban J connectivity index is 1.66. The minimum absolute atomic E-state index is 0.209. The van der Waals surface area contributed by atoms with Gasteiger partial charge in [-0.15, -0.1) is 0 Å². The Morgan fingerprint density at radius 1 is 1.23 bits per heavy atom. The Morgan fingerprint density at radius 3 is 2.70 bits per heavy atom. The van der Waals surface area contributed by atoms with Crippen molar-refractivity contribution in [3.8, 4) is 0 Å². The number of ether oxygens (including phenoxy) is 1. The van der Waals surface area contributed by atoms with Crippen molar-refractivity contribution in [1.82, 2.24) is 0 Å². The van der Waals surface area contributed by atoms with Crippen LogP contribution in [0.2, 0.25) is 0 Å². The van der Waals surface area contributed by atoms with E-state index >= 15 is 0 Å². The van der Waals surface area contributed by atoms with Crippen LogP contribution in [0.5, 0.6) is 0 Å². The van der Waals surface area contributed by atoms with Crippen LogP contribution >= 0.6 is 0 Å². The van der Waals surface area contributed by atoms with Gasteiger partial charge in [-0.25, -0.2) is 0 Å². The summed E-state index contributed by atoms with van der Waals surface area (Å²) >= 11 is 0. The number of aliphatic hydroxyl groups is 1. The fraction of sp³-hybridized carbons (Fsp3) is 0.786. The van der Waals surface area contributed by atoms with Crippen LogP contribution in [0.4, 0.5) is 0 Å². The van der Waals surface area contributed by atoms with Gasteiger partial charge in [0, 0.05) is 7.11 Å². The van der Waals surface area contributed by atoms with Crippen LogP contribution in [0.1, 0.15) is 98.3 Å². The predicted octanol–water partition coefficient (Wildman–Crippen LogP) is 7.39. The molecule has 3 fully saturated rings. The topological polar surface area (TPSA) is 29.5 Å². The van der Waals surface area contributed by atoms with E-state index in [1.54, 1.807) is 5.57 Å². The molecule has 0 heterocycles. The van der Waals surface area contributed by atoms with Crippen LogP contribution in [0.25, 0.3) is 0 Å². The summed E-state index contributed by atoms with van der Waals surface area (Å²) in [5.74, 6) is 2.35. The first-order valence-corrected chi connectivity index (χ1v) is 12.5. The standard InChI is InChI=1S/C28H46O2/c1-20(9-7-17-27(3,4)29)24-15-16-25-23(10-8-18-28(24,25)5)14-13-22-12-11-21(2)26(19-22)30-6/h13-14,20,24-26,29H,2,7-12,15-19H2,1,3-6H3/b22-13-,23-14+/t20-,24?,25?,26?,28?/m1/s1. The summed E-state index contributed by atoms with van der Waals surface area (Å²) in [5, 5.41) is 10.1. The molecule has 0 aromatic carbocycles. The second kappa shape index (κ2) is 9.74. The lowest BCUT2D eigenvalue weighted by atomic mass is 9.60. The van der Waals surface area contributed by atoms with E-state index in [2.05, 4.69) is 32.6 Å². The number of rotatable bonds is 7. The smallest absolute Gasteiger partial charge is 0.0815 e. The molecular weight excluding hydrogens is 368 g/mol. The zero-order valence-corrected chi connectivity index (χ0v) is 20.3. The summed E-state index contributed by atoms with van der Waals surface area (Å²) in [6.45, 7) is 13.1. The van der Waals surface area contributed by atoms with Crippen molar-refractivity contribution in [3.05, 3.63) is 35.5 Å². The van der Waals surface area contributed by atoms with Crippen molar-refractivity contribution < 1.29 is 9.84 Å². The number of fused-ring (bicyclic) bond motifs is 1. The molecule has 0 radical (unpaired) electrons. The molecule has 1 N–H and O–H groups in total. The summed E-state index contributed by atoms with van der Waals surface area (Å²) in [4.78, 5) is 0. The Bertz CT molecular complexity index is 665. The molecule has 30 heavy (non-hydrogen) atoms. The maximum absolute atomic E-state index is 10.1. The Labute approximate surface area is 185 Å². The highest BCUT2D eigenvalue weighted by Gasteiger charge is 2.50. The fourth-order valence-corrected chi connectivity index (χ4v) is 6.87. The van der Waals surface area contributed by atoms with E-state index in [1.165, 1.54) is 49.7 Å². The van der Waals surface area contributed by atoms with Crippen molar-refractivity contribution >= 4 is 0 Å². The molecule has 2 nitrogen and oxygen atoms in total. The van der Waals surface area contributed by atoms with Crippen molar-refractivity contribution in [3.63, 3.8) is 0 Å². The molecule has 0 spiro atoms. The second-order valence-corrected chi connectivity index (χ2v) is 11.4. The summed E-state index contributed by atoms with van der Waals surface area (Å²) in [6, 6.07) is 0. The predicted molar refractivity (Wildman–Crippen MR) is 127 cm³/mol. The number of hydrogen-bond acceptors (Lipinski definition) is 2. The quantitative estimate of drug-likeness (QED) is 0.440. The molecule has 0 amide bonds. The molecule has 0 aliphatic heterocycles. The van der Waals surface area contributed by atoms with Crippen molar-refractivity contribution in [2.75, 3.05) is 7.11 Å². The second-order valence-electron chi connectivity index (χ2n) is 11.4. The molecule has 4 unspecified atom stereocenters. The molecule has 3 aliphatic rings. The van der Waals surface area contributed by atoms with Crippen LogP contribution in [-0.4, -0.2) is 23.9 Å². The Morgan fingerprint density at radius 2 is 2.00 bits per heavy atom. The van der Waals surface area contributed by atoms with E-state index < -0.39 is 5.60 Å². The third-order valence-corrected chi connectivity index (χ3v) is 8.66. The van der Waals surface area contributed by atoms with E-state index in [4.69, 9.17) is 4.74 Å². The summed E-state index contributed by atoms with van der Waals surface area (Å²) in [6.07, 6.45) is 18.4. The number of hydrogen-bond donors (Lipinski definition) is 1.